The maximum Gasteiger partial charge on any atom is 0.244 e. The summed E-state index contributed by atoms with van der Waals surface area (Å²) in [7, 11) is 6.58. The number of methoxy groups -OCH3 is 3. The lowest BCUT2D eigenvalue weighted by atomic mass is 10.1. The van der Waals surface area contributed by atoms with Gasteiger partial charge in [0.2, 0.25) is 5.91 Å². The van der Waals surface area contributed by atoms with Crippen molar-refractivity contribution in [2.24, 2.45) is 7.05 Å². The van der Waals surface area contributed by atoms with Crippen molar-refractivity contribution in [2.45, 2.75) is 20.4 Å². The SMILES string of the molecule is COc1cc(OC)c(CNC(=O)C=Cc2c(C)nn(C)c2C)c(OC)c1. The molecule has 0 saturated heterocycles. The molecule has 0 aliphatic rings. The van der Waals surface area contributed by atoms with E-state index >= 15 is 0 Å². The van der Waals surface area contributed by atoms with Gasteiger partial charge in [-0.25, -0.2) is 0 Å². The van der Waals surface area contributed by atoms with Crippen LogP contribution < -0.4 is 19.5 Å². The molecule has 1 amide bonds. The molecule has 1 aromatic carbocycles. The molecule has 0 bridgehead atoms. The molecule has 0 aliphatic carbocycles. The summed E-state index contributed by atoms with van der Waals surface area (Å²) in [4.78, 5) is 12.2. The number of rotatable bonds is 7. The molecule has 2 aromatic rings. The number of amides is 1. The Morgan fingerprint density at radius 1 is 1.15 bits per heavy atom. The van der Waals surface area contributed by atoms with E-state index in [4.69, 9.17) is 14.2 Å². The van der Waals surface area contributed by atoms with Crippen molar-refractivity contribution in [1.29, 1.82) is 0 Å². The zero-order valence-corrected chi connectivity index (χ0v) is 16.0. The van der Waals surface area contributed by atoms with Crippen LogP contribution in [0.15, 0.2) is 18.2 Å². The van der Waals surface area contributed by atoms with E-state index in [0.717, 1.165) is 22.5 Å². The number of ether oxygens (including phenoxy) is 3. The Kier molecular flexibility index (Phi) is 6.27. The molecule has 2 rings (SSSR count). The van der Waals surface area contributed by atoms with Gasteiger partial charge >= 0.3 is 0 Å². The highest BCUT2D eigenvalue weighted by Gasteiger charge is 2.14. The Bertz CT molecular complexity index is 799. The van der Waals surface area contributed by atoms with E-state index < -0.39 is 0 Å². The van der Waals surface area contributed by atoms with Gasteiger partial charge in [0.15, 0.2) is 0 Å². The average molecular weight is 359 g/mol. The van der Waals surface area contributed by atoms with E-state index in [0.29, 0.717) is 17.2 Å². The monoisotopic (exact) mass is 359 g/mol. The zero-order chi connectivity index (χ0) is 19.3. The van der Waals surface area contributed by atoms with Gasteiger partial charge in [0, 0.05) is 36.5 Å². The largest absolute Gasteiger partial charge is 0.496 e. The number of aryl methyl sites for hydroxylation is 2. The molecule has 0 saturated carbocycles. The summed E-state index contributed by atoms with van der Waals surface area (Å²) in [5, 5.41) is 7.18. The second kappa shape index (κ2) is 8.42. The van der Waals surface area contributed by atoms with Crippen LogP contribution in [0, 0.1) is 13.8 Å². The Morgan fingerprint density at radius 2 is 1.77 bits per heavy atom. The fourth-order valence-electron chi connectivity index (χ4n) is 2.68. The van der Waals surface area contributed by atoms with Gasteiger partial charge in [-0.05, 0) is 19.9 Å². The minimum absolute atomic E-state index is 0.215. The quantitative estimate of drug-likeness (QED) is 0.769. The van der Waals surface area contributed by atoms with E-state index in [2.05, 4.69) is 10.4 Å². The molecule has 1 N–H and O–H groups in total. The van der Waals surface area contributed by atoms with Crippen molar-refractivity contribution in [3.63, 3.8) is 0 Å². The average Bonchev–Trinajstić information content (AvgIpc) is 2.89. The normalized spacial score (nSPS) is 10.8. The van der Waals surface area contributed by atoms with Gasteiger partial charge in [0.1, 0.15) is 17.2 Å². The lowest BCUT2D eigenvalue weighted by Gasteiger charge is -2.15. The number of carbonyl (C=O) groups excluding carboxylic acids is 1. The van der Waals surface area contributed by atoms with Crippen LogP contribution in [0.1, 0.15) is 22.5 Å². The molecule has 0 radical (unpaired) electrons. The summed E-state index contributed by atoms with van der Waals surface area (Å²) >= 11 is 0. The van der Waals surface area contributed by atoms with Crippen molar-refractivity contribution in [2.75, 3.05) is 21.3 Å². The second-order valence-electron chi connectivity index (χ2n) is 5.77. The Morgan fingerprint density at radius 3 is 2.23 bits per heavy atom. The van der Waals surface area contributed by atoms with E-state index in [1.165, 1.54) is 6.08 Å². The molecule has 7 heteroatoms. The summed E-state index contributed by atoms with van der Waals surface area (Å²) in [5.74, 6) is 1.58. The number of hydrogen-bond acceptors (Lipinski definition) is 5. The first kappa shape index (κ1) is 19.4. The zero-order valence-electron chi connectivity index (χ0n) is 16.0. The Labute approximate surface area is 153 Å². The van der Waals surface area contributed by atoms with Gasteiger partial charge in [0.25, 0.3) is 0 Å². The van der Waals surface area contributed by atoms with E-state index in [9.17, 15) is 4.79 Å². The van der Waals surface area contributed by atoms with Crippen LogP contribution in [0.4, 0.5) is 0 Å². The van der Waals surface area contributed by atoms with Gasteiger partial charge in [-0.1, -0.05) is 0 Å². The molecule has 0 fully saturated rings. The van der Waals surface area contributed by atoms with Crippen LogP contribution in [0.3, 0.4) is 0 Å². The van der Waals surface area contributed by atoms with E-state index in [1.807, 2.05) is 20.9 Å². The number of benzene rings is 1. The third kappa shape index (κ3) is 4.17. The highest BCUT2D eigenvalue weighted by molar-refractivity contribution is 5.92. The van der Waals surface area contributed by atoms with Crippen LogP contribution in [0.2, 0.25) is 0 Å². The van der Waals surface area contributed by atoms with Gasteiger partial charge < -0.3 is 19.5 Å². The van der Waals surface area contributed by atoms with Crippen LogP contribution in [0.25, 0.3) is 6.08 Å². The maximum absolute atomic E-state index is 12.2. The second-order valence-corrected chi connectivity index (χ2v) is 5.77. The summed E-state index contributed by atoms with van der Waals surface area (Å²) in [6, 6.07) is 3.50. The highest BCUT2D eigenvalue weighted by atomic mass is 16.5. The number of hydrogen-bond donors (Lipinski definition) is 1. The predicted molar refractivity (Wildman–Crippen MR) is 99.7 cm³/mol. The first-order chi connectivity index (χ1) is 12.4. The number of aromatic nitrogens is 2. The summed E-state index contributed by atoms with van der Waals surface area (Å²) < 4.78 is 17.8. The van der Waals surface area contributed by atoms with Crippen LogP contribution in [0.5, 0.6) is 17.2 Å². The lowest BCUT2D eigenvalue weighted by Crippen LogP contribution is -2.21. The van der Waals surface area contributed by atoms with Crippen LogP contribution >= 0.6 is 0 Å². The Balaban J connectivity index is 2.13. The van der Waals surface area contributed by atoms with Crippen molar-refractivity contribution >= 4 is 12.0 Å². The van der Waals surface area contributed by atoms with Gasteiger partial charge in [-0.3, -0.25) is 9.48 Å². The Hall–Kier alpha value is -2.96. The number of carbonyl (C=O) groups is 1. The number of nitrogens with zero attached hydrogens (tertiary/aromatic N) is 2. The predicted octanol–water partition coefficient (Wildman–Crippen LogP) is 2.39. The summed E-state index contributed by atoms with van der Waals surface area (Å²) in [6.07, 6.45) is 3.27. The summed E-state index contributed by atoms with van der Waals surface area (Å²) in [6.45, 7) is 4.15. The third-order valence-corrected chi connectivity index (χ3v) is 4.22. The van der Waals surface area contributed by atoms with E-state index in [1.54, 1.807) is 44.2 Å². The minimum Gasteiger partial charge on any atom is -0.496 e. The maximum atomic E-state index is 12.2. The topological polar surface area (TPSA) is 74.6 Å². The highest BCUT2D eigenvalue weighted by Crippen LogP contribution is 2.33. The third-order valence-electron chi connectivity index (χ3n) is 4.22. The molecular formula is C19H25N3O4. The van der Waals surface area contributed by atoms with Crippen LogP contribution in [-0.2, 0) is 18.4 Å². The van der Waals surface area contributed by atoms with Crippen molar-refractivity contribution < 1.29 is 19.0 Å². The standard InChI is InChI=1S/C19H25N3O4/c1-12-15(13(2)22(3)21-12)7-8-19(23)20-11-16-17(25-5)9-14(24-4)10-18(16)26-6/h7-10H,11H2,1-6H3,(H,20,23). The van der Waals surface area contributed by atoms with E-state index in [-0.39, 0.29) is 12.5 Å². The van der Waals surface area contributed by atoms with Crippen LogP contribution in [-0.4, -0.2) is 37.0 Å². The summed E-state index contributed by atoms with van der Waals surface area (Å²) in [5.41, 5.74) is 3.58. The van der Waals surface area contributed by atoms with Gasteiger partial charge in [-0.2, -0.15) is 5.10 Å². The first-order valence-electron chi connectivity index (χ1n) is 8.16. The fraction of sp³-hybridized carbons (Fsp3) is 0.368. The fourth-order valence-corrected chi connectivity index (χ4v) is 2.68. The van der Waals surface area contributed by atoms with Gasteiger partial charge in [0.05, 0.1) is 39.1 Å². The van der Waals surface area contributed by atoms with Gasteiger partial charge in [-0.15, -0.1) is 0 Å². The van der Waals surface area contributed by atoms with Crippen molar-refractivity contribution in [3.8, 4) is 17.2 Å². The number of nitrogens with one attached hydrogen (secondary N) is 1. The molecule has 1 aromatic heterocycles. The molecule has 0 atom stereocenters. The molecule has 1 heterocycles. The van der Waals surface area contributed by atoms with Crippen molar-refractivity contribution in [1.82, 2.24) is 15.1 Å². The van der Waals surface area contributed by atoms with Crippen molar-refractivity contribution in [3.05, 3.63) is 40.7 Å². The molecule has 0 unspecified atom stereocenters. The molecule has 0 spiro atoms. The molecule has 26 heavy (non-hydrogen) atoms. The molecule has 140 valence electrons. The molecule has 0 aliphatic heterocycles. The first-order valence-corrected chi connectivity index (χ1v) is 8.16. The smallest absolute Gasteiger partial charge is 0.244 e. The minimum atomic E-state index is -0.215. The molecule has 7 nitrogen and oxygen atoms in total. The molecular weight excluding hydrogens is 334 g/mol. The lowest BCUT2D eigenvalue weighted by molar-refractivity contribution is -0.116.